The highest BCUT2D eigenvalue weighted by Crippen LogP contribution is 2.54. The number of methoxy groups -OCH3 is 1. The number of aromatic nitrogens is 6. The second-order valence-corrected chi connectivity index (χ2v) is 9.91. The molecule has 0 bridgehead atoms. The van der Waals surface area contributed by atoms with Crippen LogP contribution in [0, 0.1) is 16.7 Å². The van der Waals surface area contributed by atoms with E-state index in [1.54, 1.807) is 7.05 Å². The molecule has 2 aliphatic rings. The van der Waals surface area contributed by atoms with Gasteiger partial charge in [0.05, 0.1) is 32.6 Å². The van der Waals surface area contributed by atoms with Crippen molar-refractivity contribution in [3.05, 3.63) is 41.9 Å². The molecule has 0 atom stereocenters. The molecule has 2 fully saturated rings. The number of hydrogen-bond donors (Lipinski definition) is 2. The summed E-state index contributed by atoms with van der Waals surface area (Å²) in [6.07, 6.45) is -1.49. The Hall–Kier alpha value is -4.91. The van der Waals surface area contributed by atoms with Gasteiger partial charge < -0.3 is 24.1 Å². The summed E-state index contributed by atoms with van der Waals surface area (Å²) in [6, 6.07) is 5.58. The first-order chi connectivity index (χ1) is 19.6. The number of pyridine rings is 2. The van der Waals surface area contributed by atoms with Crippen LogP contribution in [0.2, 0.25) is 0 Å². The van der Waals surface area contributed by atoms with Crippen LogP contribution in [-0.4, -0.2) is 55.7 Å². The molecule has 5 heterocycles. The summed E-state index contributed by atoms with van der Waals surface area (Å²) >= 11 is 0. The van der Waals surface area contributed by atoms with E-state index in [4.69, 9.17) is 9.47 Å². The zero-order valence-corrected chi connectivity index (χ0v) is 21.7. The average Bonchev–Trinajstić information content (AvgIpc) is 3.44. The van der Waals surface area contributed by atoms with Gasteiger partial charge in [0.25, 0.3) is 0 Å². The van der Waals surface area contributed by atoms with E-state index in [2.05, 4.69) is 41.5 Å². The van der Waals surface area contributed by atoms with Gasteiger partial charge in [-0.3, -0.25) is 10.00 Å². The van der Waals surface area contributed by atoms with E-state index in [1.165, 1.54) is 36.2 Å². The Morgan fingerprint density at radius 1 is 1.24 bits per heavy atom. The summed E-state index contributed by atoms with van der Waals surface area (Å²) < 4.78 is 59.7. The highest BCUT2D eigenvalue weighted by Gasteiger charge is 2.52. The molecule has 13 nitrogen and oxygen atoms in total. The number of carbonyl (C=O) groups is 1. The van der Waals surface area contributed by atoms with E-state index in [1.807, 2.05) is 0 Å². The molecule has 1 saturated heterocycles. The van der Waals surface area contributed by atoms with Crippen molar-refractivity contribution in [1.29, 1.82) is 5.26 Å². The van der Waals surface area contributed by atoms with Gasteiger partial charge in [0, 0.05) is 30.8 Å². The lowest BCUT2D eigenvalue weighted by atomic mass is 9.64. The van der Waals surface area contributed by atoms with Gasteiger partial charge in [-0.05, 0) is 18.9 Å². The fraction of sp³-hybridized carbons (Fsp3) is 0.360. The number of hydrogen-bond acceptors (Lipinski definition) is 10. The quantitative estimate of drug-likeness (QED) is 0.339. The van der Waals surface area contributed by atoms with Crippen molar-refractivity contribution in [1.82, 2.24) is 29.3 Å². The number of amides is 1. The van der Waals surface area contributed by atoms with Crippen molar-refractivity contribution >= 4 is 34.8 Å². The Morgan fingerprint density at radius 2 is 2.02 bits per heavy atom. The van der Waals surface area contributed by atoms with E-state index < -0.39 is 18.0 Å². The van der Waals surface area contributed by atoms with Crippen molar-refractivity contribution in [3.8, 4) is 17.6 Å². The summed E-state index contributed by atoms with van der Waals surface area (Å²) in [5.41, 5.74) is -0.358. The maximum atomic E-state index is 13.9. The minimum Gasteiger partial charge on any atom is -0.454 e. The van der Waals surface area contributed by atoms with E-state index in [9.17, 15) is 23.2 Å². The second kappa shape index (κ2) is 9.63. The Morgan fingerprint density at radius 3 is 2.68 bits per heavy atom. The van der Waals surface area contributed by atoms with Gasteiger partial charge in [0.1, 0.15) is 34.4 Å². The SMILES string of the molecule is COC(=O)Nc1cc(Oc2cnc3nc(Nc4cc(C(F)(F)F)n(C5CC6(COC6)C5)n4)n(C)c3c2C#N)ccn1. The number of halogens is 3. The predicted molar refractivity (Wildman–Crippen MR) is 136 cm³/mol. The minimum atomic E-state index is -4.60. The van der Waals surface area contributed by atoms with Crippen LogP contribution in [0.1, 0.15) is 30.1 Å². The summed E-state index contributed by atoms with van der Waals surface area (Å²) in [4.78, 5) is 24.1. The second-order valence-electron chi connectivity index (χ2n) is 9.91. The average molecular weight is 570 g/mol. The predicted octanol–water partition coefficient (Wildman–Crippen LogP) is 4.52. The summed E-state index contributed by atoms with van der Waals surface area (Å²) in [7, 11) is 2.80. The van der Waals surface area contributed by atoms with Crippen LogP contribution in [0.3, 0.4) is 0 Å². The van der Waals surface area contributed by atoms with Crippen molar-refractivity contribution < 1.29 is 32.2 Å². The van der Waals surface area contributed by atoms with Gasteiger partial charge in [0.2, 0.25) is 5.95 Å². The van der Waals surface area contributed by atoms with Crippen LogP contribution in [0.15, 0.2) is 30.6 Å². The molecule has 1 aliphatic heterocycles. The number of ether oxygens (including phenoxy) is 3. The Labute approximate surface area is 229 Å². The zero-order chi connectivity index (χ0) is 28.9. The Kier molecular flexibility index (Phi) is 6.18. The minimum absolute atomic E-state index is 0.0424. The third-order valence-corrected chi connectivity index (χ3v) is 7.12. The molecule has 1 amide bonds. The van der Waals surface area contributed by atoms with Gasteiger partial charge in [-0.25, -0.2) is 14.8 Å². The molecule has 16 heteroatoms. The van der Waals surface area contributed by atoms with Crippen LogP contribution in [0.4, 0.5) is 35.5 Å². The molecule has 1 spiro atoms. The van der Waals surface area contributed by atoms with Gasteiger partial charge in [-0.15, -0.1) is 0 Å². The molecule has 41 heavy (non-hydrogen) atoms. The monoisotopic (exact) mass is 569 g/mol. The maximum absolute atomic E-state index is 13.9. The molecule has 0 unspecified atom stereocenters. The number of nitrogens with one attached hydrogen (secondary N) is 2. The van der Waals surface area contributed by atoms with E-state index in [0.29, 0.717) is 26.1 Å². The molecule has 0 radical (unpaired) electrons. The lowest BCUT2D eigenvalue weighted by Crippen LogP contribution is -2.53. The lowest BCUT2D eigenvalue weighted by Gasteiger charge is -2.53. The number of rotatable bonds is 6. The van der Waals surface area contributed by atoms with Gasteiger partial charge in [-0.1, -0.05) is 0 Å². The third kappa shape index (κ3) is 4.73. The fourth-order valence-electron chi connectivity index (χ4n) is 5.08. The largest absolute Gasteiger partial charge is 0.454 e. The topological polar surface area (TPSA) is 154 Å². The molecule has 1 saturated carbocycles. The third-order valence-electron chi connectivity index (χ3n) is 7.12. The fourth-order valence-corrected chi connectivity index (χ4v) is 5.08. The van der Waals surface area contributed by atoms with Crippen LogP contribution in [0.25, 0.3) is 11.2 Å². The molecule has 0 aromatic carbocycles. The van der Waals surface area contributed by atoms with E-state index in [0.717, 1.165) is 10.7 Å². The molecule has 4 aromatic rings. The zero-order valence-electron chi connectivity index (χ0n) is 21.7. The summed E-state index contributed by atoms with van der Waals surface area (Å²) in [6.45, 7) is 1.12. The summed E-state index contributed by atoms with van der Waals surface area (Å²) in [5, 5.41) is 19.4. The lowest BCUT2D eigenvalue weighted by molar-refractivity contribution is -0.182. The first-order valence-electron chi connectivity index (χ1n) is 12.3. The van der Waals surface area contributed by atoms with Crippen molar-refractivity contribution in [3.63, 3.8) is 0 Å². The van der Waals surface area contributed by atoms with Crippen LogP contribution in [-0.2, 0) is 22.7 Å². The number of imidazole rings is 1. The number of alkyl halides is 3. The van der Waals surface area contributed by atoms with Crippen molar-refractivity contribution in [2.45, 2.75) is 25.1 Å². The molecule has 212 valence electrons. The van der Waals surface area contributed by atoms with E-state index >= 15 is 0 Å². The van der Waals surface area contributed by atoms with Crippen LogP contribution >= 0.6 is 0 Å². The number of carbonyl (C=O) groups excluding carboxylic acids is 1. The van der Waals surface area contributed by atoms with Gasteiger partial charge in [0.15, 0.2) is 17.2 Å². The normalized spacial score (nSPS) is 16.1. The highest BCUT2D eigenvalue weighted by molar-refractivity contribution is 5.85. The number of nitriles is 1. The Bertz CT molecular complexity index is 1700. The van der Waals surface area contributed by atoms with Crippen molar-refractivity contribution in [2.75, 3.05) is 31.0 Å². The number of aryl methyl sites for hydroxylation is 1. The molecule has 1 aliphatic carbocycles. The molecular weight excluding hydrogens is 547 g/mol. The Balaban J connectivity index is 1.28. The number of fused-ring (bicyclic) bond motifs is 1. The molecule has 4 aromatic heterocycles. The molecule has 6 rings (SSSR count). The van der Waals surface area contributed by atoms with Gasteiger partial charge in [-0.2, -0.15) is 28.5 Å². The maximum Gasteiger partial charge on any atom is 0.433 e. The highest BCUT2D eigenvalue weighted by atomic mass is 19.4. The smallest absolute Gasteiger partial charge is 0.433 e. The number of anilines is 3. The van der Waals surface area contributed by atoms with Crippen LogP contribution in [0.5, 0.6) is 11.5 Å². The molecular formula is C25H22F3N9O4. The van der Waals surface area contributed by atoms with Gasteiger partial charge >= 0.3 is 12.3 Å². The van der Waals surface area contributed by atoms with Crippen LogP contribution < -0.4 is 15.4 Å². The van der Waals surface area contributed by atoms with E-state index in [-0.39, 0.29) is 57.3 Å². The molecule has 2 N–H and O–H groups in total. The standard InChI is InChI=1S/C25H22F3N9O4/c1-36-20-15(9-29)16(41-14-3-4-30-18(5-14)33-23(38)39-2)10-31-21(20)34-22(36)32-19-6-17(25(26,27)28)37(35-19)13-7-24(8-13)11-40-12-24/h3-6,10,13H,7-8,11-12H2,1-2H3,(H,30,33,38)(H,31,32,34,35). The summed E-state index contributed by atoms with van der Waals surface area (Å²) in [5.74, 6) is 0.586. The number of nitrogens with zero attached hydrogens (tertiary/aromatic N) is 7. The first kappa shape index (κ1) is 26.3. The first-order valence-corrected chi connectivity index (χ1v) is 12.3. The van der Waals surface area contributed by atoms with Crippen molar-refractivity contribution in [2.24, 2.45) is 12.5 Å².